The molecule has 3 rings (SSSR count). The van der Waals surface area contributed by atoms with Crippen LogP contribution in [0.2, 0.25) is 0 Å². The number of nitrogens with zero attached hydrogens (tertiary/aromatic N) is 2. The van der Waals surface area contributed by atoms with Gasteiger partial charge in [0.05, 0.1) is 0 Å². The number of hydrogen-bond acceptors (Lipinski definition) is 3. The Morgan fingerprint density at radius 3 is 2.62 bits per heavy atom. The van der Waals surface area contributed by atoms with Crippen LogP contribution in [0.25, 0.3) is 0 Å². The third-order valence-electron chi connectivity index (χ3n) is 4.69. The summed E-state index contributed by atoms with van der Waals surface area (Å²) in [5.41, 5.74) is 2.60. The van der Waals surface area contributed by atoms with Crippen molar-refractivity contribution >= 4 is 17.4 Å². The highest BCUT2D eigenvalue weighted by Gasteiger charge is 2.40. The summed E-state index contributed by atoms with van der Waals surface area (Å²) in [4.78, 5) is 14.5. The fraction of sp³-hybridized carbons (Fsp3) is 0.500. The smallest absolute Gasteiger partial charge is 0.347 e. The van der Waals surface area contributed by atoms with Crippen LogP contribution in [0.15, 0.2) is 24.3 Å². The van der Waals surface area contributed by atoms with Gasteiger partial charge in [-0.25, -0.2) is 5.32 Å². The fourth-order valence-electron chi connectivity index (χ4n) is 3.43. The first kappa shape index (κ1) is 14.1. The summed E-state index contributed by atoms with van der Waals surface area (Å²) in [6.07, 6.45) is 3.84. The third-order valence-corrected chi connectivity index (χ3v) is 4.69. The lowest BCUT2D eigenvalue weighted by molar-refractivity contribution is -0.698. The zero-order valence-electron chi connectivity index (χ0n) is 12.5. The number of hydrogen-bond donors (Lipinski definition) is 2. The van der Waals surface area contributed by atoms with Crippen LogP contribution < -0.4 is 5.32 Å². The van der Waals surface area contributed by atoms with Crippen LogP contribution in [0.4, 0.5) is 10.5 Å². The molecular formula is C16H22N3O2+. The van der Waals surface area contributed by atoms with Crippen LogP contribution in [-0.2, 0) is 0 Å². The van der Waals surface area contributed by atoms with E-state index < -0.39 is 6.03 Å². The van der Waals surface area contributed by atoms with Crippen LogP contribution in [0.1, 0.15) is 31.2 Å². The van der Waals surface area contributed by atoms with E-state index in [-0.39, 0.29) is 0 Å². The van der Waals surface area contributed by atoms with Gasteiger partial charge in [-0.2, -0.15) is 4.79 Å². The summed E-state index contributed by atoms with van der Waals surface area (Å²) in [7, 11) is 2.13. The van der Waals surface area contributed by atoms with Crippen molar-refractivity contribution < 1.29 is 14.7 Å². The van der Waals surface area contributed by atoms with E-state index in [1.54, 1.807) is 0 Å². The quantitative estimate of drug-likeness (QED) is 0.361. The lowest BCUT2D eigenvalue weighted by Gasteiger charge is -2.30. The molecule has 0 spiro atoms. The minimum absolute atomic E-state index is 0.458. The summed E-state index contributed by atoms with van der Waals surface area (Å²) < 4.78 is 0.820. The number of rotatable bonds is 1. The fourth-order valence-corrected chi connectivity index (χ4v) is 3.43. The van der Waals surface area contributed by atoms with E-state index >= 15 is 0 Å². The average molecular weight is 288 g/mol. The standard InChI is InChI=1S/C16H21N3O2/c1-11-4-3-5-12(8-11)17-16(20)19(21)15-9-13-6-7-14(10-15)18(13)2/h3-5,8,13-14H,6-7,9-10H2,1-2H3,(H-,17,20,21)/p+1/t13-,14+. The van der Waals surface area contributed by atoms with Gasteiger partial charge in [0.2, 0.25) is 0 Å². The van der Waals surface area contributed by atoms with Crippen molar-refractivity contribution in [2.24, 2.45) is 0 Å². The predicted octanol–water partition coefficient (Wildman–Crippen LogP) is 2.63. The molecule has 112 valence electrons. The maximum absolute atomic E-state index is 12.2. The number of hydroxylamine groups is 1. The number of anilines is 1. The molecule has 2 bridgehead atoms. The molecular weight excluding hydrogens is 266 g/mol. The van der Waals surface area contributed by atoms with Crippen molar-refractivity contribution in [3.63, 3.8) is 0 Å². The summed E-state index contributed by atoms with van der Waals surface area (Å²) in [5.74, 6) is 0. The Bertz CT molecular complexity index is 581. The number of fused-ring (bicyclic) bond motifs is 2. The number of urea groups is 1. The number of amides is 2. The van der Waals surface area contributed by atoms with Crippen LogP contribution >= 0.6 is 0 Å². The van der Waals surface area contributed by atoms with Crippen LogP contribution in [-0.4, -0.2) is 45.7 Å². The Labute approximate surface area is 124 Å². The van der Waals surface area contributed by atoms with E-state index in [9.17, 15) is 10.0 Å². The zero-order valence-corrected chi connectivity index (χ0v) is 12.5. The van der Waals surface area contributed by atoms with Crippen molar-refractivity contribution in [3.8, 4) is 0 Å². The Hall–Kier alpha value is -1.88. The first-order chi connectivity index (χ1) is 10.0. The average Bonchev–Trinajstić information content (AvgIpc) is 2.68. The number of carbonyl (C=O) groups excluding carboxylic acids is 1. The van der Waals surface area contributed by atoms with E-state index in [1.807, 2.05) is 31.2 Å². The van der Waals surface area contributed by atoms with Gasteiger partial charge < -0.3 is 5.21 Å². The van der Waals surface area contributed by atoms with E-state index in [2.05, 4.69) is 17.3 Å². The molecule has 5 heteroatoms. The van der Waals surface area contributed by atoms with E-state index in [0.717, 1.165) is 41.7 Å². The topological polar surface area (TPSA) is 55.6 Å². The molecule has 2 N–H and O–H groups in total. The molecule has 0 aliphatic carbocycles. The highest BCUT2D eigenvalue weighted by atomic mass is 16.5. The molecule has 1 aromatic carbocycles. The lowest BCUT2D eigenvalue weighted by Crippen LogP contribution is -2.44. The molecule has 2 fully saturated rings. The monoisotopic (exact) mass is 288 g/mol. The van der Waals surface area contributed by atoms with Crippen LogP contribution in [0, 0.1) is 6.92 Å². The largest absolute Gasteiger partial charge is 0.535 e. The molecule has 0 radical (unpaired) electrons. The van der Waals surface area contributed by atoms with Crippen molar-refractivity contribution in [1.82, 2.24) is 4.90 Å². The molecule has 21 heavy (non-hydrogen) atoms. The molecule has 2 atom stereocenters. The normalized spacial score (nSPS) is 27.5. The van der Waals surface area contributed by atoms with Gasteiger partial charge in [0.25, 0.3) is 0 Å². The number of nitrogens with one attached hydrogen (secondary N) is 1. The molecule has 0 unspecified atom stereocenters. The third kappa shape index (κ3) is 2.78. The van der Waals surface area contributed by atoms with Gasteiger partial charge in [-0.3, -0.25) is 4.90 Å². The van der Waals surface area contributed by atoms with Gasteiger partial charge in [0.1, 0.15) is 11.4 Å². The lowest BCUT2D eigenvalue weighted by atomic mass is 10.0. The molecule has 1 aromatic rings. The first-order valence-corrected chi connectivity index (χ1v) is 7.48. The molecule has 2 heterocycles. The Morgan fingerprint density at radius 2 is 2.00 bits per heavy atom. The van der Waals surface area contributed by atoms with Crippen molar-refractivity contribution in [2.75, 3.05) is 12.4 Å². The van der Waals surface area contributed by atoms with Gasteiger partial charge in [0, 0.05) is 24.9 Å². The van der Waals surface area contributed by atoms with Crippen molar-refractivity contribution in [2.45, 2.75) is 44.7 Å². The SMILES string of the molecule is Cc1cccc(NC(=O)[N+](O)=C2C[C@H]3CC[C@@H](C2)N3C)c1. The Kier molecular flexibility index (Phi) is 3.68. The second kappa shape index (κ2) is 5.48. The molecule has 5 nitrogen and oxygen atoms in total. The van der Waals surface area contributed by atoms with Crippen molar-refractivity contribution in [3.05, 3.63) is 29.8 Å². The highest BCUT2D eigenvalue weighted by Crippen LogP contribution is 2.32. The number of benzene rings is 1. The molecule has 2 saturated heterocycles. The zero-order chi connectivity index (χ0) is 15.0. The van der Waals surface area contributed by atoms with Gasteiger partial charge >= 0.3 is 6.03 Å². The van der Waals surface area contributed by atoms with Gasteiger partial charge in [0.15, 0.2) is 0 Å². The van der Waals surface area contributed by atoms with Gasteiger partial charge in [-0.05, 0) is 49.2 Å². The Balaban J connectivity index is 1.74. The van der Waals surface area contributed by atoms with Crippen LogP contribution in [0.5, 0.6) is 0 Å². The molecule has 2 aliphatic heterocycles. The van der Waals surface area contributed by atoms with E-state index in [0.29, 0.717) is 17.8 Å². The molecule has 2 aliphatic rings. The second-order valence-electron chi connectivity index (χ2n) is 6.14. The number of aryl methyl sites for hydroxylation is 1. The second-order valence-corrected chi connectivity index (χ2v) is 6.14. The predicted molar refractivity (Wildman–Crippen MR) is 81.1 cm³/mol. The van der Waals surface area contributed by atoms with Crippen LogP contribution in [0.3, 0.4) is 0 Å². The van der Waals surface area contributed by atoms with Gasteiger partial charge in [-0.15, -0.1) is 0 Å². The summed E-state index contributed by atoms with van der Waals surface area (Å²) in [6, 6.07) is 8.00. The summed E-state index contributed by atoms with van der Waals surface area (Å²) >= 11 is 0. The number of piperidine rings is 1. The summed E-state index contributed by atoms with van der Waals surface area (Å²) in [5, 5.41) is 12.9. The first-order valence-electron chi connectivity index (χ1n) is 7.48. The van der Waals surface area contributed by atoms with E-state index in [1.165, 1.54) is 0 Å². The Morgan fingerprint density at radius 1 is 1.33 bits per heavy atom. The maximum Gasteiger partial charge on any atom is 0.535 e. The molecule has 0 aromatic heterocycles. The minimum Gasteiger partial charge on any atom is -0.347 e. The van der Waals surface area contributed by atoms with E-state index in [4.69, 9.17) is 0 Å². The maximum atomic E-state index is 12.2. The molecule has 0 saturated carbocycles. The summed E-state index contributed by atoms with van der Waals surface area (Å²) in [6.45, 7) is 1.97. The highest BCUT2D eigenvalue weighted by molar-refractivity contribution is 5.91. The van der Waals surface area contributed by atoms with Crippen molar-refractivity contribution in [1.29, 1.82) is 0 Å². The van der Waals surface area contributed by atoms with Gasteiger partial charge in [-0.1, -0.05) is 12.1 Å². The number of carbonyl (C=O) groups is 1. The minimum atomic E-state index is -0.473. The molecule has 2 amide bonds.